The van der Waals surface area contributed by atoms with Gasteiger partial charge >= 0.3 is 0 Å². The number of nitrogens with one attached hydrogen (secondary N) is 2. The number of hydrogen-bond donors (Lipinski definition) is 3. The van der Waals surface area contributed by atoms with Gasteiger partial charge in [-0.25, -0.2) is 4.98 Å². The molecule has 7 nitrogen and oxygen atoms in total. The number of rotatable bonds is 3. The van der Waals surface area contributed by atoms with E-state index in [9.17, 15) is 9.59 Å². The number of aryl methyl sites for hydroxylation is 1. The van der Waals surface area contributed by atoms with Crippen molar-refractivity contribution in [3.8, 4) is 0 Å². The number of anilines is 2. The van der Waals surface area contributed by atoms with Crippen LogP contribution in [-0.4, -0.2) is 39.9 Å². The number of amides is 1. The fourth-order valence-corrected chi connectivity index (χ4v) is 3.14. The van der Waals surface area contributed by atoms with Crippen molar-refractivity contribution >= 4 is 17.4 Å². The number of pyridine rings is 2. The first-order valence-corrected chi connectivity index (χ1v) is 8.49. The van der Waals surface area contributed by atoms with Gasteiger partial charge in [0.05, 0.1) is 17.4 Å². The Morgan fingerprint density at radius 3 is 2.92 bits per heavy atom. The number of aromatic nitrogens is 2. The highest BCUT2D eigenvalue weighted by atomic mass is 16.2. The minimum atomic E-state index is -0.189. The summed E-state index contributed by atoms with van der Waals surface area (Å²) in [6.45, 7) is 3.19. The summed E-state index contributed by atoms with van der Waals surface area (Å²) >= 11 is 0. The third-order valence-electron chi connectivity index (χ3n) is 4.53. The molecule has 1 saturated heterocycles. The molecule has 0 bridgehead atoms. The van der Waals surface area contributed by atoms with E-state index in [0.29, 0.717) is 29.5 Å². The molecule has 2 aromatic heterocycles. The molecule has 0 aliphatic carbocycles. The second kappa shape index (κ2) is 7.38. The maximum Gasteiger partial charge on any atom is 0.255 e. The topological polar surface area (TPSA) is 104 Å². The predicted octanol–water partition coefficient (Wildman–Crippen LogP) is 1.77. The molecule has 3 heterocycles. The van der Waals surface area contributed by atoms with Crippen molar-refractivity contribution in [2.24, 2.45) is 0 Å². The van der Waals surface area contributed by atoms with E-state index < -0.39 is 0 Å². The van der Waals surface area contributed by atoms with Crippen LogP contribution in [-0.2, 0) is 0 Å². The van der Waals surface area contributed by atoms with Gasteiger partial charge in [-0.15, -0.1) is 0 Å². The molecule has 25 heavy (non-hydrogen) atoms. The Hall–Kier alpha value is -2.83. The molecule has 1 atom stereocenters. The number of carbonyl (C=O) groups is 1. The number of H-pyrrole nitrogens is 1. The van der Waals surface area contributed by atoms with Crippen molar-refractivity contribution in [3.63, 3.8) is 0 Å². The van der Waals surface area contributed by atoms with Gasteiger partial charge in [0.1, 0.15) is 5.82 Å². The zero-order valence-corrected chi connectivity index (χ0v) is 14.3. The number of carbonyl (C=O) groups excluding carboxylic acids is 1. The summed E-state index contributed by atoms with van der Waals surface area (Å²) in [5.41, 5.74) is 7.63. The molecule has 0 unspecified atom stereocenters. The molecule has 2 aromatic rings. The van der Waals surface area contributed by atoms with Gasteiger partial charge in [0.2, 0.25) is 5.56 Å². The van der Waals surface area contributed by atoms with Crippen LogP contribution in [0.1, 0.15) is 35.2 Å². The second-order valence-electron chi connectivity index (χ2n) is 6.43. The van der Waals surface area contributed by atoms with Crippen molar-refractivity contribution in [2.75, 3.05) is 24.1 Å². The van der Waals surface area contributed by atoms with E-state index >= 15 is 0 Å². The summed E-state index contributed by atoms with van der Waals surface area (Å²) < 4.78 is 0. The van der Waals surface area contributed by atoms with Gasteiger partial charge in [0.15, 0.2) is 0 Å². The normalized spacial score (nSPS) is 17.8. The first-order chi connectivity index (χ1) is 12.0. The predicted molar refractivity (Wildman–Crippen MR) is 97.6 cm³/mol. The van der Waals surface area contributed by atoms with Crippen LogP contribution in [0.3, 0.4) is 0 Å². The zero-order chi connectivity index (χ0) is 17.8. The van der Waals surface area contributed by atoms with E-state index in [4.69, 9.17) is 5.73 Å². The van der Waals surface area contributed by atoms with Crippen LogP contribution in [0.25, 0.3) is 0 Å². The molecule has 132 valence electrons. The molecule has 0 spiro atoms. The third-order valence-corrected chi connectivity index (χ3v) is 4.53. The summed E-state index contributed by atoms with van der Waals surface area (Å²) in [6, 6.07) is 5.44. The van der Waals surface area contributed by atoms with E-state index in [0.717, 1.165) is 31.5 Å². The summed E-state index contributed by atoms with van der Waals surface area (Å²) in [7, 11) is 0. The number of hydrogen-bond acceptors (Lipinski definition) is 5. The molecule has 1 aliphatic heterocycles. The molecule has 0 aromatic carbocycles. The van der Waals surface area contributed by atoms with E-state index in [-0.39, 0.29) is 11.5 Å². The average Bonchev–Trinajstić information content (AvgIpc) is 2.82. The van der Waals surface area contributed by atoms with Crippen molar-refractivity contribution in [1.82, 2.24) is 14.9 Å². The molecule has 1 amide bonds. The summed E-state index contributed by atoms with van der Waals surface area (Å²) in [4.78, 5) is 32.6. The third kappa shape index (κ3) is 4.17. The molecular weight excluding hydrogens is 318 g/mol. The zero-order valence-electron chi connectivity index (χ0n) is 14.3. The fourth-order valence-electron chi connectivity index (χ4n) is 3.14. The average molecular weight is 341 g/mol. The first-order valence-electron chi connectivity index (χ1n) is 8.49. The standard InChI is InChI=1S/C18H23N5O2/c1-12-9-17(24)21-11-15(12)18(25)23-7-2-3-13(6-8-23)22-14-4-5-16(19)20-10-14/h4-5,9-11,13,22H,2-3,6-8H2,1H3,(H2,19,20)(H,21,24)/t13-/m1/s1. The van der Waals surface area contributed by atoms with E-state index in [1.807, 2.05) is 11.0 Å². The van der Waals surface area contributed by atoms with Crippen LogP contribution in [0.15, 0.2) is 35.4 Å². The quantitative estimate of drug-likeness (QED) is 0.789. The van der Waals surface area contributed by atoms with Crippen molar-refractivity contribution in [1.29, 1.82) is 0 Å². The SMILES string of the molecule is Cc1cc(=O)[nH]cc1C(=O)N1CCC[C@@H](Nc2ccc(N)nc2)CC1. The number of nitrogens with two attached hydrogens (primary N) is 1. The van der Waals surface area contributed by atoms with Crippen molar-refractivity contribution < 1.29 is 4.79 Å². The van der Waals surface area contributed by atoms with Gasteiger partial charge in [-0.3, -0.25) is 9.59 Å². The molecule has 0 radical (unpaired) electrons. The summed E-state index contributed by atoms with van der Waals surface area (Å²) in [5.74, 6) is 0.475. The molecule has 0 saturated carbocycles. The van der Waals surface area contributed by atoms with Crippen molar-refractivity contribution in [3.05, 3.63) is 52.1 Å². The molecule has 1 aliphatic rings. The molecule has 1 fully saturated rings. The van der Waals surface area contributed by atoms with Crippen LogP contribution in [0.2, 0.25) is 0 Å². The van der Waals surface area contributed by atoms with Crippen molar-refractivity contribution in [2.45, 2.75) is 32.2 Å². The van der Waals surface area contributed by atoms with Crippen LogP contribution in [0.5, 0.6) is 0 Å². The lowest BCUT2D eigenvalue weighted by molar-refractivity contribution is 0.0760. The van der Waals surface area contributed by atoms with Gasteiger partial charge in [0.25, 0.3) is 5.91 Å². The largest absolute Gasteiger partial charge is 0.384 e. The number of nitrogens with zero attached hydrogens (tertiary/aromatic N) is 2. The monoisotopic (exact) mass is 341 g/mol. The lowest BCUT2D eigenvalue weighted by Crippen LogP contribution is -2.33. The smallest absolute Gasteiger partial charge is 0.255 e. The highest BCUT2D eigenvalue weighted by Crippen LogP contribution is 2.19. The lowest BCUT2D eigenvalue weighted by Gasteiger charge is -2.22. The van der Waals surface area contributed by atoms with Gasteiger partial charge in [0, 0.05) is 31.4 Å². The van der Waals surface area contributed by atoms with E-state index in [2.05, 4.69) is 15.3 Å². The Morgan fingerprint density at radius 1 is 1.36 bits per heavy atom. The Kier molecular flexibility index (Phi) is 5.02. The minimum absolute atomic E-state index is 0.0245. The highest BCUT2D eigenvalue weighted by Gasteiger charge is 2.22. The van der Waals surface area contributed by atoms with Gasteiger partial charge < -0.3 is 20.9 Å². The Bertz CT molecular complexity index is 800. The Morgan fingerprint density at radius 2 is 2.20 bits per heavy atom. The fraction of sp³-hybridized carbons (Fsp3) is 0.389. The molecule has 4 N–H and O–H groups in total. The number of likely N-dealkylation sites (tertiary alicyclic amines) is 1. The maximum atomic E-state index is 12.7. The molecule has 3 rings (SSSR count). The van der Waals surface area contributed by atoms with Crippen LogP contribution in [0.4, 0.5) is 11.5 Å². The van der Waals surface area contributed by atoms with Gasteiger partial charge in [-0.1, -0.05) is 0 Å². The molecular formula is C18H23N5O2. The minimum Gasteiger partial charge on any atom is -0.384 e. The van der Waals surface area contributed by atoms with Gasteiger partial charge in [-0.05, 0) is 43.9 Å². The van der Waals surface area contributed by atoms with Crippen LogP contribution < -0.4 is 16.6 Å². The maximum absolute atomic E-state index is 12.7. The van der Waals surface area contributed by atoms with E-state index in [1.54, 1.807) is 19.2 Å². The van der Waals surface area contributed by atoms with Crippen LogP contribution in [0, 0.1) is 6.92 Å². The Labute approximate surface area is 146 Å². The van der Waals surface area contributed by atoms with E-state index in [1.165, 1.54) is 12.3 Å². The highest BCUT2D eigenvalue weighted by molar-refractivity contribution is 5.95. The second-order valence-corrected chi connectivity index (χ2v) is 6.43. The first kappa shape index (κ1) is 17.0. The Balaban J connectivity index is 1.63. The lowest BCUT2D eigenvalue weighted by atomic mass is 10.1. The summed E-state index contributed by atoms with van der Waals surface area (Å²) in [5, 5.41) is 3.46. The van der Waals surface area contributed by atoms with Gasteiger partial charge in [-0.2, -0.15) is 0 Å². The summed E-state index contributed by atoms with van der Waals surface area (Å²) in [6.07, 6.45) is 6.01. The number of nitrogen functional groups attached to an aromatic ring is 1. The number of aromatic amines is 1. The van der Waals surface area contributed by atoms with Crippen LogP contribution >= 0.6 is 0 Å². The molecule has 7 heteroatoms.